The van der Waals surface area contributed by atoms with E-state index < -0.39 is 0 Å². The van der Waals surface area contributed by atoms with E-state index in [2.05, 4.69) is 31.3 Å². The summed E-state index contributed by atoms with van der Waals surface area (Å²) in [6.45, 7) is 6.95. The van der Waals surface area contributed by atoms with E-state index in [1.165, 1.54) is 12.8 Å². The lowest BCUT2D eigenvalue weighted by atomic mass is 9.70. The van der Waals surface area contributed by atoms with Gasteiger partial charge in [-0.25, -0.2) is 5.43 Å². The number of carbonyl (C=O) groups is 1. The summed E-state index contributed by atoms with van der Waals surface area (Å²) in [6, 6.07) is 7.12. The molecule has 1 N–H and O–H groups in total. The lowest BCUT2D eigenvalue weighted by Gasteiger charge is -2.34. The molecule has 4 heteroatoms. The Morgan fingerprint density at radius 1 is 1.36 bits per heavy atom. The zero-order valence-electron chi connectivity index (χ0n) is 13.8. The summed E-state index contributed by atoms with van der Waals surface area (Å²) in [5.74, 6) is 1.17. The largest absolute Gasteiger partial charge is 0.497 e. The Kier molecular flexibility index (Phi) is 3.50. The predicted octanol–water partition coefficient (Wildman–Crippen LogP) is 3.63. The number of nitrogens with one attached hydrogen (secondary N) is 1. The van der Waals surface area contributed by atoms with Gasteiger partial charge in [-0.05, 0) is 48.8 Å². The average molecular weight is 300 g/mol. The molecule has 118 valence electrons. The van der Waals surface area contributed by atoms with Gasteiger partial charge < -0.3 is 4.74 Å². The molecule has 3 rings (SSSR count). The van der Waals surface area contributed by atoms with Crippen LogP contribution in [-0.4, -0.2) is 18.7 Å². The number of hydrazone groups is 1. The van der Waals surface area contributed by atoms with Crippen LogP contribution in [0.5, 0.6) is 5.75 Å². The average Bonchev–Trinajstić information content (AvgIpc) is 2.85. The number of fused-ring (bicyclic) bond motifs is 2. The molecule has 0 spiro atoms. The molecule has 22 heavy (non-hydrogen) atoms. The maximum absolute atomic E-state index is 12.3. The maximum Gasteiger partial charge on any atom is 0.271 e. The number of amides is 1. The van der Waals surface area contributed by atoms with Gasteiger partial charge in [0.05, 0.1) is 7.11 Å². The molecule has 2 fully saturated rings. The van der Waals surface area contributed by atoms with Gasteiger partial charge in [-0.1, -0.05) is 26.8 Å². The van der Waals surface area contributed by atoms with Crippen LogP contribution in [0.1, 0.15) is 50.4 Å². The van der Waals surface area contributed by atoms with Gasteiger partial charge in [0.25, 0.3) is 5.91 Å². The summed E-state index contributed by atoms with van der Waals surface area (Å²) in [7, 11) is 1.59. The van der Waals surface area contributed by atoms with Gasteiger partial charge in [0, 0.05) is 16.7 Å². The zero-order chi connectivity index (χ0) is 16.0. The van der Waals surface area contributed by atoms with Crippen LogP contribution in [0.3, 0.4) is 0 Å². The Labute approximate surface area is 131 Å². The van der Waals surface area contributed by atoms with Crippen molar-refractivity contribution < 1.29 is 9.53 Å². The number of rotatable bonds is 3. The molecule has 0 heterocycles. The van der Waals surface area contributed by atoms with Crippen molar-refractivity contribution in [3.05, 3.63) is 29.8 Å². The third kappa shape index (κ3) is 2.13. The highest BCUT2D eigenvalue weighted by molar-refractivity contribution is 5.98. The number of benzene rings is 1. The normalized spacial score (nSPS) is 30.5. The molecule has 2 bridgehead atoms. The predicted molar refractivity (Wildman–Crippen MR) is 87.1 cm³/mol. The summed E-state index contributed by atoms with van der Waals surface area (Å²) in [5.41, 5.74) is 4.82. The van der Waals surface area contributed by atoms with Crippen molar-refractivity contribution in [1.82, 2.24) is 5.43 Å². The highest BCUT2D eigenvalue weighted by Crippen LogP contribution is 2.63. The zero-order valence-corrected chi connectivity index (χ0v) is 13.8. The van der Waals surface area contributed by atoms with Crippen LogP contribution in [0.2, 0.25) is 0 Å². The molecule has 0 unspecified atom stereocenters. The Morgan fingerprint density at radius 2 is 2.14 bits per heavy atom. The lowest BCUT2D eigenvalue weighted by molar-refractivity contribution is 0.0953. The Hall–Kier alpha value is -1.84. The van der Waals surface area contributed by atoms with Crippen LogP contribution in [-0.2, 0) is 0 Å². The van der Waals surface area contributed by atoms with Crippen LogP contribution >= 0.6 is 0 Å². The molecular formula is C18H24N2O2. The Bertz CT molecular complexity index is 636. The van der Waals surface area contributed by atoms with Gasteiger partial charge in [0.15, 0.2) is 0 Å². The van der Waals surface area contributed by atoms with Crippen LogP contribution in [0.25, 0.3) is 0 Å². The summed E-state index contributed by atoms with van der Waals surface area (Å²) in [5, 5.41) is 4.48. The van der Waals surface area contributed by atoms with Crippen molar-refractivity contribution >= 4 is 11.6 Å². The highest BCUT2D eigenvalue weighted by Gasteiger charge is 2.59. The fourth-order valence-corrected chi connectivity index (χ4v) is 4.04. The summed E-state index contributed by atoms with van der Waals surface area (Å²) < 4.78 is 5.15. The van der Waals surface area contributed by atoms with Crippen molar-refractivity contribution in [2.24, 2.45) is 21.8 Å². The standard InChI is InChI=1S/C18H24N2O2/c1-17(2)13-8-9-18(17,3)15(11-13)19-20-16(21)12-6-5-7-14(10-12)22-4/h5-7,10,13H,8-9,11H2,1-4H3,(H,20,21)/b19-15-/t13-,18-/m0/s1. The summed E-state index contributed by atoms with van der Waals surface area (Å²) >= 11 is 0. The van der Waals surface area contributed by atoms with E-state index >= 15 is 0 Å². The van der Waals surface area contributed by atoms with E-state index in [4.69, 9.17) is 4.74 Å². The number of hydrogen-bond acceptors (Lipinski definition) is 3. The molecule has 2 atom stereocenters. The lowest BCUT2D eigenvalue weighted by Crippen LogP contribution is -2.34. The van der Waals surface area contributed by atoms with Gasteiger partial charge in [-0.2, -0.15) is 5.10 Å². The minimum Gasteiger partial charge on any atom is -0.497 e. The van der Waals surface area contributed by atoms with E-state index in [0.29, 0.717) is 17.2 Å². The molecule has 1 amide bonds. The molecule has 2 saturated carbocycles. The van der Waals surface area contributed by atoms with Crippen molar-refractivity contribution in [3.8, 4) is 5.75 Å². The highest BCUT2D eigenvalue weighted by atomic mass is 16.5. The molecule has 0 aromatic heterocycles. The van der Waals surface area contributed by atoms with E-state index in [9.17, 15) is 4.79 Å². The first kappa shape index (κ1) is 15.1. The van der Waals surface area contributed by atoms with Crippen LogP contribution in [0.4, 0.5) is 0 Å². The van der Waals surface area contributed by atoms with E-state index in [1.54, 1.807) is 19.2 Å². The maximum atomic E-state index is 12.3. The van der Waals surface area contributed by atoms with Crippen molar-refractivity contribution in [2.45, 2.75) is 40.0 Å². The van der Waals surface area contributed by atoms with Gasteiger partial charge in [0.2, 0.25) is 0 Å². The van der Waals surface area contributed by atoms with E-state index in [-0.39, 0.29) is 16.7 Å². The topological polar surface area (TPSA) is 50.7 Å². The summed E-state index contributed by atoms with van der Waals surface area (Å²) in [4.78, 5) is 12.3. The fraction of sp³-hybridized carbons (Fsp3) is 0.556. The van der Waals surface area contributed by atoms with Crippen molar-refractivity contribution in [3.63, 3.8) is 0 Å². The molecule has 1 aromatic carbocycles. The summed E-state index contributed by atoms with van der Waals surface area (Å²) in [6.07, 6.45) is 3.44. The number of methoxy groups -OCH3 is 1. The number of nitrogens with zero attached hydrogens (tertiary/aromatic N) is 1. The fourth-order valence-electron chi connectivity index (χ4n) is 4.04. The van der Waals surface area contributed by atoms with Crippen LogP contribution in [0.15, 0.2) is 29.4 Å². The van der Waals surface area contributed by atoms with Gasteiger partial charge >= 0.3 is 0 Å². The number of ether oxygens (including phenoxy) is 1. The number of hydrogen-bond donors (Lipinski definition) is 1. The monoisotopic (exact) mass is 300 g/mol. The molecule has 1 aromatic rings. The molecule has 2 aliphatic rings. The van der Waals surface area contributed by atoms with Gasteiger partial charge in [0.1, 0.15) is 5.75 Å². The van der Waals surface area contributed by atoms with Crippen molar-refractivity contribution in [1.29, 1.82) is 0 Å². The Morgan fingerprint density at radius 3 is 2.73 bits per heavy atom. The second kappa shape index (κ2) is 5.11. The molecule has 0 saturated heterocycles. The first-order valence-corrected chi connectivity index (χ1v) is 7.90. The number of carbonyl (C=O) groups excluding carboxylic acids is 1. The third-order valence-corrected chi connectivity index (χ3v) is 6.14. The first-order chi connectivity index (χ1) is 10.4. The SMILES string of the molecule is COc1cccc(C(=O)N/N=C2/C[C@@H]3CC[C@]2(C)C3(C)C)c1. The minimum atomic E-state index is -0.185. The van der Waals surface area contributed by atoms with Crippen LogP contribution < -0.4 is 10.2 Å². The Balaban J connectivity index is 1.76. The van der Waals surface area contributed by atoms with Gasteiger partial charge in [-0.3, -0.25) is 4.79 Å². The molecular weight excluding hydrogens is 276 g/mol. The minimum absolute atomic E-state index is 0.110. The third-order valence-electron chi connectivity index (χ3n) is 6.14. The first-order valence-electron chi connectivity index (χ1n) is 7.90. The van der Waals surface area contributed by atoms with Gasteiger partial charge in [-0.15, -0.1) is 0 Å². The molecule has 4 nitrogen and oxygen atoms in total. The van der Waals surface area contributed by atoms with Crippen molar-refractivity contribution in [2.75, 3.05) is 7.11 Å². The second-order valence-electron chi connectivity index (χ2n) is 7.22. The van der Waals surface area contributed by atoms with E-state index in [1.807, 2.05) is 12.1 Å². The van der Waals surface area contributed by atoms with E-state index in [0.717, 1.165) is 12.1 Å². The smallest absolute Gasteiger partial charge is 0.271 e. The second-order valence-corrected chi connectivity index (χ2v) is 7.22. The molecule has 2 aliphatic carbocycles. The molecule has 0 aliphatic heterocycles. The molecule has 0 radical (unpaired) electrons. The quantitative estimate of drug-likeness (QED) is 0.867. The van der Waals surface area contributed by atoms with Crippen LogP contribution in [0, 0.1) is 16.7 Å².